The maximum Gasteiger partial charge on any atom is 0.409 e. The fraction of sp³-hybridized carbons (Fsp3) is 0.812. The SMILES string of the molecule is C=C(C)C[C@@]1(CO)CCN(C(=O)OCCCC)[C@H](C)C1. The first-order chi connectivity index (χ1) is 9.44. The third-order valence-corrected chi connectivity index (χ3v) is 4.11. The molecule has 4 nitrogen and oxygen atoms in total. The van der Waals surface area contributed by atoms with Gasteiger partial charge < -0.3 is 14.7 Å². The molecule has 0 unspecified atom stereocenters. The number of hydrogen-bond acceptors (Lipinski definition) is 3. The van der Waals surface area contributed by atoms with Crippen molar-refractivity contribution in [2.75, 3.05) is 19.8 Å². The molecule has 0 spiro atoms. The van der Waals surface area contributed by atoms with Crippen LogP contribution in [0.25, 0.3) is 0 Å². The zero-order valence-electron chi connectivity index (χ0n) is 13.2. The lowest BCUT2D eigenvalue weighted by Crippen LogP contribution is -2.50. The molecule has 1 N–H and O–H groups in total. The van der Waals surface area contributed by atoms with Crippen molar-refractivity contribution in [1.29, 1.82) is 0 Å². The topological polar surface area (TPSA) is 49.8 Å². The Balaban J connectivity index is 2.57. The number of amides is 1. The van der Waals surface area contributed by atoms with Gasteiger partial charge in [-0.3, -0.25) is 0 Å². The van der Waals surface area contributed by atoms with Crippen molar-refractivity contribution in [1.82, 2.24) is 4.90 Å². The molecule has 1 saturated heterocycles. The number of nitrogens with zero attached hydrogens (tertiary/aromatic N) is 1. The number of piperidine rings is 1. The van der Waals surface area contributed by atoms with E-state index in [0.29, 0.717) is 13.2 Å². The number of ether oxygens (including phenoxy) is 1. The standard InChI is InChI=1S/C16H29NO3/c1-5-6-9-20-15(19)17-8-7-16(12-18,10-13(2)3)11-14(17)4/h14,18H,2,5-12H2,1,3-4H3/t14-,16+/m1/s1. The predicted molar refractivity (Wildman–Crippen MR) is 80.6 cm³/mol. The molecule has 1 amide bonds. The maximum atomic E-state index is 12.0. The van der Waals surface area contributed by atoms with E-state index in [9.17, 15) is 9.90 Å². The Labute approximate surface area is 122 Å². The second-order valence-electron chi connectivity index (χ2n) is 6.26. The highest BCUT2D eigenvalue weighted by Gasteiger charge is 2.39. The zero-order chi connectivity index (χ0) is 15.2. The first-order valence-corrected chi connectivity index (χ1v) is 7.63. The van der Waals surface area contributed by atoms with Crippen LogP contribution in [-0.4, -0.2) is 41.9 Å². The molecule has 0 aromatic rings. The first-order valence-electron chi connectivity index (χ1n) is 7.63. The van der Waals surface area contributed by atoms with E-state index in [2.05, 4.69) is 13.5 Å². The lowest BCUT2D eigenvalue weighted by molar-refractivity contribution is 0.00892. The number of carbonyl (C=O) groups excluding carboxylic acids is 1. The second-order valence-corrected chi connectivity index (χ2v) is 6.26. The van der Waals surface area contributed by atoms with Gasteiger partial charge in [-0.15, -0.1) is 6.58 Å². The summed E-state index contributed by atoms with van der Waals surface area (Å²) in [4.78, 5) is 13.8. The average Bonchev–Trinajstić information content (AvgIpc) is 2.38. The normalized spacial score (nSPS) is 26.4. The first kappa shape index (κ1) is 17.0. The lowest BCUT2D eigenvalue weighted by Gasteiger charge is -2.44. The summed E-state index contributed by atoms with van der Waals surface area (Å²) in [7, 11) is 0. The van der Waals surface area contributed by atoms with Crippen molar-refractivity contribution in [3.05, 3.63) is 12.2 Å². The number of aliphatic hydroxyl groups excluding tert-OH is 1. The van der Waals surface area contributed by atoms with Crippen LogP contribution < -0.4 is 0 Å². The highest BCUT2D eigenvalue weighted by Crippen LogP contribution is 2.39. The predicted octanol–water partition coefficient (Wildman–Crippen LogP) is 3.35. The van der Waals surface area contributed by atoms with Gasteiger partial charge in [0.05, 0.1) is 6.61 Å². The Morgan fingerprint density at radius 2 is 2.25 bits per heavy atom. The molecule has 0 aromatic heterocycles. The largest absolute Gasteiger partial charge is 0.449 e. The van der Waals surface area contributed by atoms with Gasteiger partial charge in [-0.05, 0) is 39.5 Å². The summed E-state index contributed by atoms with van der Waals surface area (Å²) in [5.74, 6) is 0. The molecule has 1 fully saturated rings. The van der Waals surface area contributed by atoms with Crippen molar-refractivity contribution in [2.24, 2.45) is 5.41 Å². The summed E-state index contributed by atoms with van der Waals surface area (Å²) in [6, 6.07) is 0.101. The van der Waals surface area contributed by atoms with E-state index in [1.54, 1.807) is 4.90 Å². The minimum atomic E-state index is -0.215. The summed E-state index contributed by atoms with van der Waals surface area (Å²) >= 11 is 0. The van der Waals surface area contributed by atoms with Gasteiger partial charge in [0.1, 0.15) is 0 Å². The summed E-state index contributed by atoms with van der Waals surface area (Å²) in [6.45, 7) is 11.4. The number of hydrogen-bond donors (Lipinski definition) is 1. The quantitative estimate of drug-likeness (QED) is 0.600. The van der Waals surface area contributed by atoms with E-state index in [1.807, 2.05) is 13.8 Å². The number of unbranched alkanes of at least 4 members (excludes halogenated alkanes) is 1. The highest BCUT2D eigenvalue weighted by molar-refractivity contribution is 5.68. The van der Waals surface area contributed by atoms with Crippen LogP contribution in [0.5, 0.6) is 0 Å². The Morgan fingerprint density at radius 3 is 2.75 bits per heavy atom. The number of rotatable bonds is 6. The Kier molecular flexibility index (Phi) is 6.53. The molecule has 0 aliphatic carbocycles. The van der Waals surface area contributed by atoms with Crippen molar-refractivity contribution in [3.63, 3.8) is 0 Å². The number of allylic oxidation sites excluding steroid dienone is 1. The Hall–Kier alpha value is -1.03. The van der Waals surface area contributed by atoms with Crippen LogP contribution in [0.1, 0.15) is 52.9 Å². The molecule has 0 aromatic carbocycles. The molecule has 0 radical (unpaired) electrons. The average molecular weight is 283 g/mol. The second kappa shape index (κ2) is 7.67. The fourth-order valence-corrected chi connectivity index (χ4v) is 3.08. The van der Waals surface area contributed by atoms with Gasteiger partial charge in [-0.1, -0.05) is 18.9 Å². The third kappa shape index (κ3) is 4.51. The van der Waals surface area contributed by atoms with E-state index in [1.165, 1.54) is 0 Å². The summed E-state index contributed by atoms with van der Waals surface area (Å²) < 4.78 is 5.28. The maximum absolute atomic E-state index is 12.0. The fourth-order valence-electron chi connectivity index (χ4n) is 3.08. The van der Waals surface area contributed by atoms with Gasteiger partial charge >= 0.3 is 6.09 Å². The van der Waals surface area contributed by atoms with Crippen molar-refractivity contribution in [2.45, 2.75) is 58.9 Å². The minimum absolute atomic E-state index is 0.101. The number of aliphatic hydroxyl groups is 1. The van der Waals surface area contributed by atoms with Crippen molar-refractivity contribution < 1.29 is 14.6 Å². The van der Waals surface area contributed by atoms with Crippen molar-refractivity contribution in [3.8, 4) is 0 Å². The van der Waals surface area contributed by atoms with Gasteiger partial charge in [0.25, 0.3) is 0 Å². The molecule has 1 heterocycles. The molecular weight excluding hydrogens is 254 g/mol. The van der Waals surface area contributed by atoms with Crippen LogP contribution in [-0.2, 0) is 4.74 Å². The molecule has 1 aliphatic rings. The highest BCUT2D eigenvalue weighted by atomic mass is 16.6. The van der Waals surface area contributed by atoms with Gasteiger partial charge in [0.2, 0.25) is 0 Å². The van der Waals surface area contributed by atoms with Crippen LogP contribution in [0.2, 0.25) is 0 Å². The van der Waals surface area contributed by atoms with Crippen LogP contribution in [0.3, 0.4) is 0 Å². The Morgan fingerprint density at radius 1 is 1.55 bits per heavy atom. The minimum Gasteiger partial charge on any atom is -0.449 e. The van der Waals surface area contributed by atoms with Crippen molar-refractivity contribution >= 4 is 6.09 Å². The molecule has 1 aliphatic heterocycles. The zero-order valence-corrected chi connectivity index (χ0v) is 13.2. The van der Waals surface area contributed by atoms with E-state index in [-0.39, 0.29) is 24.2 Å². The van der Waals surface area contributed by atoms with Gasteiger partial charge in [-0.2, -0.15) is 0 Å². The van der Waals surface area contributed by atoms with E-state index in [4.69, 9.17) is 4.74 Å². The van der Waals surface area contributed by atoms with Crippen LogP contribution in [0, 0.1) is 5.41 Å². The van der Waals surface area contributed by atoms with E-state index >= 15 is 0 Å². The summed E-state index contributed by atoms with van der Waals surface area (Å²) in [5.41, 5.74) is 0.969. The van der Waals surface area contributed by atoms with E-state index in [0.717, 1.165) is 37.7 Å². The van der Waals surface area contributed by atoms with Crippen LogP contribution in [0.15, 0.2) is 12.2 Å². The molecule has 4 heteroatoms. The van der Waals surface area contributed by atoms with Crippen LogP contribution >= 0.6 is 0 Å². The monoisotopic (exact) mass is 283 g/mol. The van der Waals surface area contributed by atoms with Gasteiger partial charge in [-0.25, -0.2) is 4.79 Å². The molecule has 20 heavy (non-hydrogen) atoms. The summed E-state index contributed by atoms with van der Waals surface area (Å²) in [6.07, 6.45) is 4.15. The molecule has 0 bridgehead atoms. The van der Waals surface area contributed by atoms with E-state index < -0.39 is 0 Å². The number of likely N-dealkylation sites (tertiary alicyclic amines) is 1. The van der Waals surface area contributed by atoms with Gasteiger partial charge in [0.15, 0.2) is 0 Å². The number of carbonyl (C=O) groups is 1. The third-order valence-electron chi connectivity index (χ3n) is 4.11. The molecule has 1 rings (SSSR count). The molecule has 0 saturated carbocycles. The molecular formula is C16H29NO3. The summed E-state index contributed by atoms with van der Waals surface area (Å²) in [5, 5.41) is 9.73. The van der Waals surface area contributed by atoms with Crippen LogP contribution in [0.4, 0.5) is 4.79 Å². The van der Waals surface area contributed by atoms with Gasteiger partial charge in [0, 0.05) is 24.6 Å². The smallest absolute Gasteiger partial charge is 0.409 e. The molecule has 2 atom stereocenters. The lowest BCUT2D eigenvalue weighted by atomic mass is 9.72. The molecule has 116 valence electrons. The Bertz CT molecular complexity index is 343.